The topological polar surface area (TPSA) is 32.3 Å². The van der Waals surface area contributed by atoms with Crippen molar-refractivity contribution >= 4 is 0 Å². The van der Waals surface area contributed by atoms with E-state index in [4.69, 9.17) is 0 Å². The van der Waals surface area contributed by atoms with Crippen LogP contribution in [0.5, 0.6) is 0 Å². The summed E-state index contributed by atoms with van der Waals surface area (Å²) in [5, 5.41) is 14.4. The van der Waals surface area contributed by atoms with Gasteiger partial charge < -0.3 is 10.4 Å². The lowest BCUT2D eigenvalue weighted by Crippen LogP contribution is -2.45. The molecule has 0 aromatic heterocycles. The zero-order chi connectivity index (χ0) is 14.5. The van der Waals surface area contributed by atoms with Gasteiger partial charge in [-0.15, -0.1) is 0 Å². The molecule has 0 bridgehead atoms. The summed E-state index contributed by atoms with van der Waals surface area (Å²) in [6, 6.07) is 8.99. The number of aryl methyl sites for hydroxylation is 1. The van der Waals surface area contributed by atoms with Crippen molar-refractivity contribution in [3.05, 3.63) is 35.4 Å². The van der Waals surface area contributed by atoms with E-state index in [0.29, 0.717) is 12.0 Å². The number of aliphatic hydroxyl groups excluding tert-OH is 1. The quantitative estimate of drug-likeness (QED) is 0.852. The van der Waals surface area contributed by atoms with Gasteiger partial charge in [-0.25, -0.2) is 0 Å². The molecule has 2 atom stereocenters. The number of nitrogens with one attached hydrogen (secondary N) is 1. The lowest BCUT2D eigenvalue weighted by atomic mass is 9.89. The van der Waals surface area contributed by atoms with E-state index in [9.17, 15) is 5.11 Å². The summed E-state index contributed by atoms with van der Waals surface area (Å²) in [4.78, 5) is 0. The molecule has 0 aliphatic heterocycles. The van der Waals surface area contributed by atoms with Crippen molar-refractivity contribution < 1.29 is 5.11 Å². The number of benzene rings is 1. The van der Waals surface area contributed by atoms with E-state index >= 15 is 0 Å². The molecule has 0 radical (unpaired) electrons. The summed E-state index contributed by atoms with van der Waals surface area (Å²) < 4.78 is 0. The van der Waals surface area contributed by atoms with Gasteiger partial charge in [0.2, 0.25) is 0 Å². The molecule has 1 saturated carbocycles. The Hall–Kier alpha value is -0.860. The fourth-order valence-corrected chi connectivity index (χ4v) is 3.16. The third-order valence-electron chi connectivity index (χ3n) is 4.51. The van der Waals surface area contributed by atoms with Crippen molar-refractivity contribution in [3.8, 4) is 0 Å². The number of hydrogen-bond donors (Lipinski definition) is 2. The minimum atomic E-state index is -0.419. The molecule has 2 nitrogen and oxygen atoms in total. The lowest BCUT2D eigenvalue weighted by molar-refractivity contribution is 0.0934. The molecule has 1 aliphatic carbocycles. The Balaban J connectivity index is 2.04. The number of rotatable bonds is 5. The minimum Gasteiger partial charge on any atom is -0.387 e. The zero-order valence-electron chi connectivity index (χ0n) is 13.1. The first kappa shape index (κ1) is 15.5. The van der Waals surface area contributed by atoms with Crippen LogP contribution in [0, 0.1) is 12.8 Å². The van der Waals surface area contributed by atoms with Crippen molar-refractivity contribution in [1.82, 2.24) is 5.32 Å². The molecule has 20 heavy (non-hydrogen) atoms. The first-order valence-corrected chi connectivity index (χ1v) is 8.08. The third-order valence-corrected chi connectivity index (χ3v) is 4.51. The Morgan fingerprint density at radius 3 is 2.20 bits per heavy atom. The summed E-state index contributed by atoms with van der Waals surface area (Å²) in [5.74, 6) is 0.424. The summed E-state index contributed by atoms with van der Waals surface area (Å²) >= 11 is 0. The van der Waals surface area contributed by atoms with Crippen LogP contribution >= 0.6 is 0 Å². The highest BCUT2D eigenvalue weighted by atomic mass is 16.3. The van der Waals surface area contributed by atoms with Gasteiger partial charge in [0.1, 0.15) is 0 Å². The fraction of sp³-hybridized carbons (Fsp3) is 0.667. The van der Waals surface area contributed by atoms with Crippen LogP contribution in [0.15, 0.2) is 24.3 Å². The van der Waals surface area contributed by atoms with E-state index in [2.05, 4.69) is 50.4 Å². The second-order valence-electron chi connectivity index (χ2n) is 6.63. The van der Waals surface area contributed by atoms with Crippen LogP contribution in [0.1, 0.15) is 63.2 Å². The van der Waals surface area contributed by atoms with E-state index < -0.39 is 6.10 Å². The first-order chi connectivity index (χ1) is 9.58. The zero-order valence-corrected chi connectivity index (χ0v) is 13.1. The van der Waals surface area contributed by atoms with E-state index in [1.54, 1.807) is 0 Å². The summed E-state index contributed by atoms with van der Waals surface area (Å²) in [6.07, 6.45) is 6.10. The molecule has 0 saturated heterocycles. The Morgan fingerprint density at radius 1 is 1.05 bits per heavy atom. The fourth-order valence-electron chi connectivity index (χ4n) is 3.16. The standard InChI is InChI=1S/C18H29NO/c1-13(2)17(19-16-7-5-4-6-8-16)18(20)15-11-9-14(3)10-12-15/h9-13,16-20H,4-8H2,1-3H3. The minimum absolute atomic E-state index is 0.140. The molecule has 2 rings (SSSR count). The van der Waals surface area contributed by atoms with E-state index in [1.165, 1.54) is 37.7 Å². The molecular formula is C18H29NO. The van der Waals surface area contributed by atoms with Gasteiger partial charge in [-0.3, -0.25) is 0 Å². The Bertz CT molecular complexity index is 392. The molecule has 1 aliphatic rings. The average Bonchev–Trinajstić information content (AvgIpc) is 2.45. The predicted molar refractivity (Wildman–Crippen MR) is 84.8 cm³/mol. The molecule has 1 aromatic rings. The summed E-state index contributed by atoms with van der Waals surface area (Å²) in [7, 11) is 0. The smallest absolute Gasteiger partial charge is 0.0945 e. The normalized spacial score (nSPS) is 20.1. The average molecular weight is 275 g/mol. The van der Waals surface area contributed by atoms with Crippen LogP contribution in [-0.2, 0) is 0 Å². The van der Waals surface area contributed by atoms with Gasteiger partial charge in [0, 0.05) is 12.1 Å². The van der Waals surface area contributed by atoms with Crippen LogP contribution in [0.3, 0.4) is 0 Å². The van der Waals surface area contributed by atoms with Crippen molar-refractivity contribution in [2.24, 2.45) is 5.92 Å². The van der Waals surface area contributed by atoms with Gasteiger partial charge in [-0.1, -0.05) is 62.9 Å². The Morgan fingerprint density at radius 2 is 1.65 bits per heavy atom. The van der Waals surface area contributed by atoms with Crippen LogP contribution in [0.25, 0.3) is 0 Å². The highest BCUT2D eigenvalue weighted by molar-refractivity contribution is 5.24. The molecule has 112 valence electrons. The molecule has 0 spiro atoms. The predicted octanol–water partition coefficient (Wildman–Crippen LogP) is 3.98. The van der Waals surface area contributed by atoms with Gasteiger partial charge in [-0.2, -0.15) is 0 Å². The van der Waals surface area contributed by atoms with Crippen molar-refractivity contribution in [3.63, 3.8) is 0 Å². The van der Waals surface area contributed by atoms with Crippen molar-refractivity contribution in [1.29, 1.82) is 0 Å². The highest BCUT2D eigenvalue weighted by Gasteiger charge is 2.27. The van der Waals surface area contributed by atoms with Crippen molar-refractivity contribution in [2.75, 3.05) is 0 Å². The van der Waals surface area contributed by atoms with Gasteiger partial charge in [0.15, 0.2) is 0 Å². The number of hydrogen-bond acceptors (Lipinski definition) is 2. The van der Waals surface area contributed by atoms with E-state index in [0.717, 1.165) is 5.56 Å². The number of aliphatic hydroxyl groups is 1. The molecule has 0 amide bonds. The van der Waals surface area contributed by atoms with Crippen LogP contribution in [0.2, 0.25) is 0 Å². The van der Waals surface area contributed by atoms with Gasteiger partial charge in [0.05, 0.1) is 6.10 Å². The van der Waals surface area contributed by atoms with Gasteiger partial charge >= 0.3 is 0 Å². The SMILES string of the molecule is Cc1ccc(C(O)C(NC2CCCCC2)C(C)C)cc1. The maximum Gasteiger partial charge on any atom is 0.0945 e. The van der Waals surface area contributed by atoms with Gasteiger partial charge in [0.25, 0.3) is 0 Å². The molecular weight excluding hydrogens is 246 g/mol. The molecule has 1 fully saturated rings. The monoisotopic (exact) mass is 275 g/mol. The second kappa shape index (κ2) is 7.24. The molecule has 2 unspecified atom stereocenters. The maximum absolute atomic E-state index is 10.7. The van der Waals surface area contributed by atoms with E-state index in [1.807, 2.05) is 0 Å². The Kier molecular flexibility index (Phi) is 5.62. The second-order valence-corrected chi connectivity index (χ2v) is 6.63. The van der Waals surface area contributed by atoms with E-state index in [-0.39, 0.29) is 6.04 Å². The molecule has 1 aromatic carbocycles. The van der Waals surface area contributed by atoms with Crippen LogP contribution in [0.4, 0.5) is 0 Å². The largest absolute Gasteiger partial charge is 0.387 e. The van der Waals surface area contributed by atoms with Gasteiger partial charge in [-0.05, 0) is 31.2 Å². The first-order valence-electron chi connectivity index (χ1n) is 8.08. The third kappa shape index (κ3) is 4.07. The lowest BCUT2D eigenvalue weighted by Gasteiger charge is -2.34. The van der Waals surface area contributed by atoms with Crippen molar-refractivity contribution in [2.45, 2.75) is 71.1 Å². The Labute approximate surface area is 123 Å². The summed E-state index contributed by atoms with van der Waals surface area (Å²) in [6.45, 7) is 6.46. The summed E-state index contributed by atoms with van der Waals surface area (Å²) in [5.41, 5.74) is 2.26. The maximum atomic E-state index is 10.7. The molecule has 0 heterocycles. The van der Waals surface area contributed by atoms with Crippen LogP contribution < -0.4 is 5.32 Å². The highest BCUT2D eigenvalue weighted by Crippen LogP contribution is 2.25. The molecule has 2 heteroatoms. The van der Waals surface area contributed by atoms with Crippen LogP contribution in [-0.4, -0.2) is 17.2 Å². The molecule has 2 N–H and O–H groups in total.